The standard InChI is InChI=1S/C13H13ClN2O/c1-9(2)12-5-6-16(15-12)13-4-3-10(8-17)7-11(13)14/h3-9H,1-2H3. The molecule has 2 rings (SSSR count). The van der Waals surface area contributed by atoms with Gasteiger partial charge >= 0.3 is 0 Å². The molecule has 0 N–H and O–H groups in total. The zero-order chi connectivity index (χ0) is 12.4. The van der Waals surface area contributed by atoms with Gasteiger partial charge in [0.25, 0.3) is 0 Å². The molecular weight excluding hydrogens is 236 g/mol. The highest BCUT2D eigenvalue weighted by Gasteiger charge is 2.08. The van der Waals surface area contributed by atoms with Gasteiger partial charge in [-0.05, 0) is 30.2 Å². The van der Waals surface area contributed by atoms with Crippen molar-refractivity contribution >= 4 is 17.9 Å². The van der Waals surface area contributed by atoms with Crippen LogP contribution in [0.4, 0.5) is 0 Å². The van der Waals surface area contributed by atoms with Crippen LogP contribution in [-0.4, -0.2) is 16.1 Å². The third-order valence-corrected chi connectivity index (χ3v) is 2.86. The molecule has 0 amide bonds. The van der Waals surface area contributed by atoms with Crippen LogP contribution >= 0.6 is 11.6 Å². The van der Waals surface area contributed by atoms with Gasteiger partial charge in [-0.2, -0.15) is 5.10 Å². The first kappa shape index (κ1) is 11.9. The SMILES string of the molecule is CC(C)c1ccn(-c2ccc(C=O)cc2Cl)n1. The van der Waals surface area contributed by atoms with Crippen molar-refractivity contribution in [1.29, 1.82) is 0 Å². The fourth-order valence-electron chi connectivity index (χ4n) is 1.56. The van der Waals surface area contributed by atoms with Crippen molar-refractivity contribution in [2.75, 3.05) is 0 Å². The first-order valence-corrected chi connectivity index (χ1v) is 5.80. The topological polar surface area (TPSA) is 34.9 Å². The molecular formula is C13H13ClN2O. The first-order chi connectivity index (χ1) is 8.11. The van der Waals surface area contributed by atoms with Crippen LogP contribution < -0.4 is 0 Å². The van der Waals surface area contributed by atoms with Gasteiger partial charge in [-0.25, -0.2) is 4.68 Å². The van der Waals surface area contributed by atoms with Gasteiger partial charge in [0.2, 0.25) is 0 Å². The lowest BCUT2D eigenvalue weighted by Gasteiger charge is -2.05. The van der Waals surface area contributed by atoms with Crippen molar-refractivity contribution in [2.45, 2.75) is 19.8 Å². The van der Waals surface area contributed by atoms with Gasteiger partial charge < -0.3 is 0 Å². The van der Waals surface area contributed by atoms with Crippen LogP contribution in [0.15, 0.2) is 30.5 Å². The Morgan fingerprint density at radius 3 is 2.65 bits per heavy atom. The van der Waals surface area contributed by atoms with E-state index in [0.29, 0.717) is 16.5 Å². The second-order valence-electron chi connectivity index (χ2n) is 4.17. The van der Waals surface area contributed by atoms with Crippen LogP contribution in [0, 0.1) is 0 Å². The lowest BCUT2D eigenvalue weighted by Crippen LogP contribution is -1.98. The Kier molecular flexibility index (Phi) is 3.29. The largest absolute Gasteiger partial charge is 0.298 e. The summed E-state index contributed by atoms with van der Waals surface area (Å²) in [6.45, 7) is 4.17. The van der Waals surface area contributed by atoms with Gasteiger partial charge in [0, 0.05) is 11.8 Å². The van der Waals surface area contributed by atoms with E-state index in [2.05, 4.69) is 18.9 Å². The summed E-state index contributed by atoms with van der Waals surface area (Å²) in [6.07, 6.45) is 2.65. The molecule has 0 unspecified atom stereocenters. The molecule has 88 valence electrons. The molecule has 3 nitrogen and oxygen atoms in total. The van der Waals surface area contributed by atoms with E-state index in [-0.39, 0.29) is 0 Å². The van der Waals surface area contributed by atoms with Crippen LogP contribution in [0.2, 0.25) is 5.02 Å². The van der Waals surface area contributed by atoms with E-state index in [9.17, 15) is 4.79 Å². The Bertz CT molecular complexity index is 546. The highest BCUT2D eigenvalue weighted by molar-refractivity contribution is 6.32. The quantitative estimate of drug-likeness (QED) is 0.780. The minimum atomic E-state index is 0.379. The van der Waals surface area contributed by atoms with Gasteiger partial charge in [-0.1, -0.05) is 25.4 Å². The third kappa shape index (κ3) is 2.39. The molecule has 0 saturated heterocycles. The molecule has 0 spiro atoms. The fraction of sp³-hybridized carbons (Fsp3) is 0.231. The molecule has 1 aromatic carbocycles. The molecule has 2 aromatic rings. The van der Waals surface area contributed by atoms with E-state index in [4.69, 9.17) is 11.6 Å². The molecule has 0 saturated carbocycles. The van der Waals surface area contributed by atoms with Crippen molar-refractivity contribution in [2.24, 2.45) is 0 Å². The van der Waals surface area contributed by atoms with E-state index in [0.717, 1.165) is 17.7 Å². The fourth-order valence-corrected chi connectivity index (χ4v) is 1.84. The summed E-state index contributed by atoms with van der Waals surface area (Å²) in [4.78, 5) is 10.6. The minimum Gasteiger partial charge on any atom is -0.298 e. The number of benzene rings is 1. The predicted molar refractivity (Wildman–Crippen MR) is 68.1 cm³/mol. The smallest absolute Gasteiger partial charge is 0.150 e. The Morgan fingerprint density at radius 2 is 2.12 bits per heavy atom. The second-order valence-corrected chi connectivity index (χ2v) is 4.58. The summed E-state index contributed by atoms with van der Waals surface area (Å²) >= 11 is 6.11. The summed E-state index contributed by atoms with van der Waals surface area (Å²) in [5.41, 5.74) is 2.36. The summed E-state index contributed by atoms with van der Waals surface area (Å²) in [5.74, 6) is 0.379. The van der Waals surface area contributed by atoms with Crippen molar-refractivity contribution < 1.29 is 4.79 Å². The average Bonchev–Trinajstić information content (AvgIpc) is 2.78. The van der Waals surface area contributed by atoms with Crippen LogP contribution in [0.3, 0.4) is 0 Å². The van der Waals surface area contributed by atoms with Crippen molar-refractivity contribution in [3.8, 4) is 5.69 Å². The summed E-state index contributed by atoms with van der Waals surface area (Å²) in [7, 11) is 0. The minimum absolute atomic E-state index is 0.379. The maximum absolute atomic E-state index is 10.6. The van der Waals surface area contributed by atoms with Gasteiger partial charge in [0.05, 0.1) is 16.4 Å². The van der Waals surface area contributed by atoms with Gasteiger partial charge in [0.1, 0.15) is 6.29 Å². The molecule has 0 fully saturated rings. The monoisotopic (exact) mass is 248 g/mol. The Labute approximate surface area is 105 Å². The Morgan fingerprint density at radius 1 is 1.35 bits per heavy atom. The van der Waals surface area contributed by atoms with Crippen LogP contribution in [0.5, 0.6) is 0 Å². The lowest BCUT2D eigenvalue weighted by molar-refractivity contribution is 0.112. The van der Waals surface area contributed by atoms with Gasteiger partial charge in [-0.15, -0.1) is 0 Å². The molecule has 1 heterocycles. The molecule has 17 heavy (non-hydrogen) atoms. The molecule has 0 radical (unpaired) electrons. The number of hydrogen-bond donors (Lipinski definition) is 0. The molecule has 0 aliphatic heterocycles. The van der Waals surface area contributed by atoms with Crippen LogP contribution in [0.1, 0.15) is 35.8 Å². The van der Waals surface area contributed by atoms with Gasteiger partial charge in [-0.3, -0.25) is 4.79 Å². The zero-order valence-electron chi connectivity index (χ0n) is 9.72. The van der Waals surface area contributed by atoms with Crippen molar-refractivity contribution in [1.82, 2.24) is 9.78 Å². The average molecular weight is 249 g/mol. The Hall–Kier alpha value is -1.61. The number of nitrogens with zero attached hydrogens (tertiary/aromatic N) is 2. The summed E-state index contributed by atoms with van der Waals surface area (Å²) in [5, 5.41) is 4.96. The highest BCUT2D eigenvalue weighted by atomic mass is 35.5. The zero-order valence-corrected chi connectivity index (χ0v) is 10.5. The molecule has 0 atom stereocenters. The highest BCUT2D eigenvalue weighted by Crippen LogP contribution is 2.22. The van der Waals surface area contributed by atoms with Crippen molar-refractivity contribution in [3.63, 3.8) is 0 Å². The third-order valence-electron chi connectivity index (χ3n) is 2.56. The van der Waals surface area contributed by atoms with E-state index >= 15 is 0 Å². The summed E-state index contributed by atoms with van der Waals surface area (Å²) < 4.78 is 1.73. The van der Waals surface area contributed by atoms with E-state index in [1.807, 2.05) is 12.3 Å². The number of halogens is 1. The second kappa shape index (κ2) is 4.72. The maximum Gasteiger partial charge on any atom is 0.150 e. The van der Waals surface area contributed by atoms with E-state index in [1.54, 1.807) is 22.9 Å². The maximum atomic E-state index is 10.6. The van der Waals surface area contributed by atoms with E-state index < -0.39 is 0 Å². The first-order valence-electron chi connectivity index (χ1n) is 5.42. The number of rotatable bonds is 3. The van der Waals surface area contributed by atoms with E-state index in [1.165, 1.54) is 0 Å². The molecule has 0 bridgehead atoms. The van der Waals surface area contributed by atoms with Gasteiger partial charge in [0.15, 0.2) is 0 Å². The lowest BCUT2D eigenvalue weighted by atomic mass is 10.1. The number of carbonyl (C=O) groups excluding carboxylic acids is 1. The molecule has 4 heteroatoms. The number of carbonyl (C=O) groups is 1. The van der Waals surface area contributed by atoms with Crippen molar-refractivity contribution in [3.05, 3.63) is 46.7 Å². The number of aromatic nitrogens is 2. The summed E-state index contributed by atoms with van der Waals surface area (Å²) in [6, 6.07) is 7.13. The van der Waals surface area contributed by atoms with Crippen LogP contribution in [0.25, 0.3) is 5.69 Å². The Balaban J connectivity index is 2.42. The van der Waals surface area contributed by atoms with Crippen LogP contribution in [-0.2, 0) is 0 Å². The molecule has 0 aliphatic rings. The predicted octanol–water partition coefficient (Wildman–Crippen LogP) is 3.46. The molecule has 0 aliphatic carbocycles. The molecule has 1 aromatic heterocycles. The number of aldehydes is 1. The normalized spacial score (nSPS) is 10.8. The number of hydrogen-bond acceptors (Lipinski definition) is 2.